The number of benzene rings is 1. The fourth-order valence-electron chi connectivity index (χ4n) is 3.13. The molecule has 20 heavy (non-hydrogen) atoms. The molecule has 3 nitrogen and oxygen atoms in total. The third-order valence-corrected chi connectivity index (χ3v) is 4.34. The highest BCUT2D eigenvalue weighted by Gasteiger charge is 2.32. The van der Waals surface area contributed by atoms with Crippen LogP contribution in [0.2, 0.25) is 0 Å². The Morgan fingerprint density at radius 2 is 2.00 bits per heavy atom. The highest BCUT2D eigenvalue weighted by molar-refractivity contribution is 5.79. The number of hydrogen-bond acceptors (Lipinski definition) is 2. The number of nitrogens with two attached hydrogens (primary N) is 1. The van der Waals surface area contributed by atoms with Crippen LogP contribution in [0.1, 0.15) is 45.1 Å². The average molecular weight is 274 g/mol. The zero-order valence-corrected chi connectivity index (χ0v) is 12.6. The predicted octanol–water partition coefficient (Wildman–Crippen LogP) is 3.44. The van der Waals surface area contributed by atoms with Gasteiger partial charge in [-0.3, -0.25) is 4.79 Å². The largest absolute Gasteiger partial charge is 0.399 e. The molecule has 110 valence electrons. The summed E-state index contributed by atoms with van der Waals surface area (Å²) in [6.07, 6.45) is 4.45. The van der Waals surface area contributed by atoms with Crippen molar-refractivity contribution in [3.05, 3.63) is 29.8 Å². The maximum atomic E-state index is 12.7. The van der Waals surface area contributed by atoms with Gasteiger partial charge in [-0.15, -0.1) is 0 Å². The molecule has 0 aliphatic heterocycles. The van der Waals surface area contributed by atoms with Crippen LogP contribution in [-0.4, -0.2) is 17.4 Å². The van der Waals surface area contributed by atoms with E-state index in [1.54, 1.807) is 0 Å². The zero-order valence-electron chi connectivity index (χ0n) is 12.6. The van der Waals surface area contributed by atoms with E-state index in [1.807, 2.05) is 29.2 Å². The van der Waals surface area contributed by atoms with Crippen LogP contribution in [0, 0.1) is 11.8 Å². The summed E-state index contributed by atoms with van der Waals surface area (Å²) in [5.74, 6) is 1.11. The van der Waals surface area contributed by atoms with Crippen LogP contribution in [-0.2, 0) is 11.3 Å². The van der Waals surface area contributed by atoms with Crippen molar-refractivity contribution in [3.63, 3.8) is 0 Å². The van der Waals surface area contributed by atoms with Crippen LogP contribution in [0.25, 0.3) is 0 Å². The van der Waals surface area contributed by atoms with Gasteiger partial charge in [-0.1, -0.05) is 32.4 Å². The molecule has 3 heteroatoms. The Hall–Kier alpha value is -1.51. The lowest BCUT2D eigenvalue weighted by Crippen LogP contribution is -2.37. The van der Waals surface area contributed by atoms with E-state index < -0.39 is 0 Å². The van der Waals surface area contributed by atoms with Gasteiger partial charge in [-0.05, 0) is 42.9 Å². The summed E-state index contributed by atoms with van der Waals surface area (Å²) in [5, 5.41) is 0. The molecule has 2 N–H and O–H groups in total. The van der Waals surface area contributed by atoms with E-state index in [9.17, 15) is 4.79 Å². The van der Waals surface area contributed by atoms with Crippen molar-refractivity contribution in [1.29, 1.82) is 0 Å². The molecule has 1 aliphatic rings. The molecule has 0 heterocycles. The molecule has 0 spiro atoms. The summed E-state index contributed by atoms with van der Waals surface area (Å²) in [6.45, 7) is 5.88. The third-order valence-electron chi connectivity index (χ3n) is 4.34. The van der Waals surface area contributed by atoms with E-state index in [0.717, 1.165) is 30.6 Å². The minimum absolute atomic E-state index is 0.232. The van der Waals surface area contributed by atoms with Crippen molar-refractivity contribution in [2.75, 3.05) is 12.3 Å². The van der Waals surface area contributed by atoms with Crippen molar-refractivity contribution in [2.45, 2.75) is 46.1 Å². The monoisotopic (exact) mass is 274 g/mol. The normalized spacial score (nSPS) is 21.9. The van der Waals surface area contributed by atoms with Gasteiger partial charge in [0.15, 0.2) is 0 Å². The summed E-state index contributed by atoms with van der Waals surface area (Å²) in [5.41, 5.74) is 7.64. The lowest BCUT2D eigenvalue weighted by atomic mass is 9.96. The first-order chi connectivity index (χ1) is 9.61. The van der Waals surface area contributed by atoms with Crippen LogP contribution in [0.4, 0.5) is 5.69 Å². The smallest absolute Gasteiger partial charge is 0.226 e. The number of nitrogen functional groups attached to an aromatic ring is 1. The Balaban J connectivity index is 2.06. The molecule has 1 aliphatic carbocycles. The van der Waals surface area contributed by atoms with Gasteiger partial charge in [0.05, 0.1) is 0 Å². The van der Waals surface area contributed by atoms with Gasteiger partial charge in [0.1, 0.15) is 0 Å². The number of anilines is 1. The van der Waals surface area contributed by atoms with Gasteiger partial charge in [-0.2, -0.15) is 0 Å². The van der Waals surface area contributed by atoms with Gasteiger partial charge < -0.3 is 10.6 Å². The van der Waals surface area contributed by atoms with Crippen molar-refractivity contribution in [1.82, 2.24) is 4.90 Å². The fraction of sp³-hybridized carbons (Fsp3) is 0.588. The zero-order chi connectivity index (χ0) is 14.5. The van der Waals surface area contributed by atoms with Crippen molar-refractivity contribution in [2.24, 2.45) is 11.8 Å². The van der Waals surface area contributed by atoms with Crippen LogP contribution in [0.15, 0.2) is 24.3 Å². The minimum atomic E-state index is 0.232. The predicted molar refractivity (Wildman–Crippen MR) is 83.1 cm³/mol. The van der Waals surface area contributed by atoms with E-state index in [-0.39, 0.29) is 5.92 Å². The molecule has 0 aromatic heterocycles. The third kappa shape index (κ3) is 3.53. The van der Waals surface area contributed by atoms with E-state index >= 15 is 0 Å². The molecule has 1 saturated carbocycles. The maximum Gasteiger partial charge on any atom is 0.226 e. The van der Waals surface area contributed by atoms with Crippen LogP contribution in [0.5, 0.6) is 0 Å². The average Bonchev–Trinajstić information content (AvgIpc) is 2.86. The van der Waals surface area contributed by atoms with Gasteiger partial charge in [0.2, 0.25) is 5.91 Å². The van der Waals surface area contributed by atoms with E-state index in [2.05, 4.69) is 13.8 Å². The maximum absolute atomic E-state index is 12.7. The molecule has 2 unspecified atom stereocenters. The number of nitrogens with zero attached hydrogens (tertiary/aromatic N) is 1. The molecular weight excluding hydrogens is 248 g/mol. The van der Waals surface area contributed by atoms with Gasteiger partial charge in [-0.25, -0.2) is 0 Å². The van der Waals surface area contributed by atoms with E-state index in [0.29, 0.717) is 18.4 Å². The quantitative estimate of drug-likeness (QED) is 0.836. The van der Waals surface area contributed by atoms with Crippen LogP contribution >= 0.6 is 0 Å². The Bertz CT molecular complexity index is 441. The second kappa shape index (κ2) is 6.78. The Kier molecular flexibility index (Phi) is 5.05. The second-order valence-electron chi connectivity index (χ2n) is 6.02. The molecule has 1 aromatic carbocycles. The molecule has 1 fully saturated rings. The van der Waals surface area contributed by atoms with Gasteiger partial charge in [0.25, 0.3) is 0 Å². The number of carbonyl (C=O) groups excluding carboxylic acids is 1. The highest BCUT2D eigenvalue weighted by atomic mass is 16.2. The summed E-state index contributed by atoms with van der Waals surface area (Å²) in [7, 11) is 0. The Morgan fingerprint density at radius 3 is 2.55 bits per heavy atom. The summed E-state index contributed by atoms with van der Waals surface area (Å²) >= 11 is 0. The topological polar surface area (TPSA) is 46.3 Å². The first-order valence-corrected chi connectivity index (χ1v) is 7.75. The molecule has 2 rings (SSSR count). The lowest BCUT2D eigenvalue weighted by molar-refractivity contribution is -0.137. The number of carbonyl (C=O) groups is 1. The van der Waals surface area contributed by atoms with Crippen LogP contribution in [0.3, 0.4) is 0 Å². The fourth-order valence-corrected chi connectivity index (χ4v) is 3.13. The molecule has 0 radical (unpaired) electrons. The van der Waals surface area contributed by atoms with Crippen molar-refractivity contribution < 1.29 is 4.79 Å². The van der Waals surface area contributed by atoms with Crippen molar-refractivity contribution in [3.8, 4) is 0 Å². The Morgan fingerprint density at radius 1 is 1.30 bits per heavy atom. The molecule has 2 atom stereocenters. The number of rotatable bonds is 5. The molecular formula is C17H26N2O. The SMILES string of the molecule is CCCN(Cc1ccc(N)cc1)C(=O)C1CCCC1C. The summed E-state index contributed by atoms with van der Waals surface area (Å²) in [6, 6.07) is 7.84. The number of hydrogen-bond donors (Lipinski definition) is 1. The standard InChI is InChI=1S/C17H26N2O/c1-3-11-19(12-14-7-9-15(18)10-8-14)17(20)16-6-4-5-13(16)2/h7-10,13,16H,3-6,11-12,18H2,1-2H3. The van der Waals surface area contributed by atoms with Crippen LogP contribution < -0.4 is 5.73 Å². The first kappa shape index (κ1) is 14.9. The minimum Gasteiger partial charge on any atom is -0.399 e. The molecule has 0 bridgehead atoms. The van der Waals surface area contributed by atoms with Gasteiger partial charge >= 0.3 is 0 Å². The van der Waals surface area contributed by atoms with Gasteiger partial charge in [0, 0.05) is 24.7 Å². The number of amides is 1. The highest BCUT2D eigenvalue weighted by Crippen LogP contribution is 2.33. The Labute approximate surface area is 122 Å². The summed E-state index contributed by atoms with van der Waals surface area (Å²) < 4.78 is 0. The molecule has 1 aromatic rings. The second-order valence-corrected chi connectivity index (χ2v) is 6.02. The van der Waals surface area contributed by atoms with E-state index in [1.165, 1.54) is 12.8 Å². The van der Waals surface area contributed by atoms with E-state index in [4.69, 9.17) is 5.73 Å². The summed E-state index contributed by atoms with van der Waals surface area (Å²) in [4.78, 5) is 14.7. The molecule has 0 saturated heterocycles. The first-order valence-electron chi connectivity index (χ1n) is 7.75. The van der Waals surface area contributed by atoms with Crippen molar-refractivity contribution >= 4 is 11.6 Å². The lowest BCUT2D eigenvalue weighted by Gasteiger charge is -2.27. The molecule has 1 amide bonds.